The van der Waals surface area contributed by atoms with Crippen molar-refractivity contribution in [3.05, 3.63) is 11.4 Å². The van der Waals surface area contributed by atoms with Gasteiger partial charge >= 0.3 is 0 Å². The van der Waals surface area contributed by atoms with Gasteiger partial charge in [-0.25, -0.2) is 18.4 Å². The van der Waals surface area contributed by atoms with Crippen LogP contribution in [0.5, 0.6) is 0 Å². The summed E-state index contributed by atoms with van der Waals surface area (Å²) in [6, 6.07) is 1.71. The summed E-state index contributed by atoms with van der Waals surface area (Å²) in [5.41, 5.74) is 5.34. The van der Waals surface area contributed by atoms with Gasteiger partial charge in [-0.05, 0) is 0 Å². The molecular weight excluding hydrogens is 228 g/mol. The molecule has 0 atom stereocenters. The van der Waals surface area contributed by atoms with Crippen LogP contribution in [0.3, 0.4) is 0 Å². The lowest BCUT2D eigenvalue weighted by atomic mass is 10.2. The molecule has 2 N–H and O–H groups in total. The fourth-order valence-electron chi connectivity index (χ4n) is 1.11. The minimum Gasteiger partial charge on any atom is -0.382 e. The van der Waals surface area contributed by atoms with Gasteiger partial charge in [0.05, 0.1) is 0 Å². The fraction of sp³-hybridized carbons (Fsp3) is 0.444. The number of nitriles is 1. The zero-order chi connectivity index (χ0) is 12.5. The molecule has 0 unspecified atom stereocenters. The molecular formula is C9H12N4O2S. The van der Waals surface area contributed by atoms with E-state index in [1.54, 1.807) is 6.07 Å². The summed E-state index contributed by atoms with van der Waals surface area (Å²) in [6.07, 6.45) is 0.986. The second-order valence-electron chi connectivity index (χ2n) is 3.69. The van der Waals surface area contributed by atoms with E-state index in [1.807, 2.05) is 13.8 Å². The van der Waals surface area contributed by atoms with Crippen molar-refractivity contribution >= 4 is 15.7 Å². The molecule has 6 nitrogen and oxygen atoms in total. The van der Waals surface area contributed by atoms with E-state index in [-0.39, 0.29) is 22.3 Å². The van der Waals surface area contributed by atoms with E-state index in [4.69, 9.17) is 11.0 Å². The number of hydrogen-bond donors (Lipinski definition) is 1. The van der Waals surface area contributed by atoms with Gasteiger partial charge in [-0.15, -0.1) is 0 Å². The molecule has 0 saturated carbocycles. The molecule has 0 aliphatic rings. The van der Waals surface area contributed by atoms with E-state index in [1.165, 1.54) is 0 Å². The summed E-state index contributed by atoms with van der Waals surface area (Å²) >= 11 is 0. The van der Waals surface area contributed by atoms with E-state index in [9.17, 15) is 8.42 Å². The number of nitrogens with zero attached hydrogens (tertiary/aromatic N) is 3. The maximum Gasteiger partial charge on any atom is 0.194 e. The maximum absolute atomic E-state index is 11.4. The average molecular weight is 240 g/mol. The fourth-order valence-corrected chi connectivity index (χ4v) is 1.89. The Morgan fingerprint density at radius 1 is 1.38 bits per heavy atom. The molecule has 7 heteroatoms. The summed E-state index contributed by atoms with van der Waals surface area (Å²) in [4.78, 5) is 7.77. The summed E-state index contributed by atoms with van der Waals surface area (Å²) in [7, 11) is -3.58. The molecule has 0 aliphatic heterocycles. The molecule has 0 amide bonds. The van der Waals surface area contributed by atoms with E-state index in [0.29, 0.717) is 5.82 Å². The predicted octanol–water partition coefficient (Wildman–Crippen LogP) is 0.457. The first-order valence-corrected chi connectivity index (χ1v) is 6.44. The Hall–Kier alpha value is -1.68. The van der Waals surface area contributed by atoms with Crippen molar-refractivity contribution in [1.29, 1.82) is 5.26 Å². The number of rotatable bonds is 2. The van der Waals surface area contributed by atoms with Gasteiger partial charge in [0.2, 0.25) is 0 Å². The average Bonchev–Trinajstić information content (AvgIpc) is 2.14. The van der Waals surface area contributed by atoms with Gasteiger partial charge in [0.15, 0.2) is 14.9 Å². The second kappa shape index (κ2) is 4.06. The Bertz CT molecular complexity index is 558. The Kier molecular flexibility index (Phi) is 3.14. The monoisotopic (exact) mass is 240 g/mol. The number of nitrogen functional groups attached to an aromatic ring is 1. The normalized spacial score (nSPS) is 11.4. The van der Waals surface area contributed by atoms with Gasteiger partial charge in [-0.3, -0.25) is 0 Å². The number of aromatic nitrogens is 2. The number of nitrogens with two attached hydrogens (primary N) is 1. The van der Waals surface area contributed by atoms with Gasteiger partial charge < -0.3 is 5.73 Å². The molecule has 1 heterocycles. The van der Waals surface area contributed by atoms with E-state index in [2.05, 4.69) is 9.97 Å². The van der Waals surface area contributed by atoms with E-state index >= 15 is 0 Å². The number of hydrogen-bond acceptors (Lipinski definition) is 6. The summed E-state index contributed by atoms with van der Waals surface area (Å²) in [6.45, 7) is 3.62. The van der Waals surface area contributed by atoms with Gasteiger partial charge in [-0.2, -0.15) is 5.26 Å². The third-order valence-corrected chi connectivity index (χ3v) is 2.90. The van der Waals surface area contributed by atoms with Crippen LogP contribution in [0.1, 0.15) is 31.2 Å². The van der Waals surface area contributed by atoms with Crippen molar-refractivity contribution in [3.8, 4) is 6.07 Å². The Morgan fingerprint density at radius 3 is 2.31 bits per heavy atom. The van der Waals surface area contributed by atoms with Crippen LogP contribution in [0, 0.1) is 11.3 Å². The molecule has 0 spiro atoms. The quantitative estimate of drug-likeness (QED) is 0.752. The zero-order valence-electron chi connectivity index (χ0n) is 9.22. The molecule has 0 aliphatic carbocycles. The molecule has 1 rings (SSSR count). The lowest BCUT2D eigenvalue weighted by Crippen LogP contribution is -2.12. The van der Waals surface area contributed by atoms with Crippen molar-refractivity contribution < 1.29 is 8.42 Å². The molecule has 1 aromatic heterocycles. The smallest absolute Gasteiger partial charge is 0.194 e. The minimum atomic E-state index is -3.58. The standard InChI is InChI=1S/C9H12N4O2S/c1-5(2)8-12-7(11)6(4-10)9(13-8)16(3,14)15/h5H,1-3H3,(H2,11,12,13). The van der Waals surface area contributed by atoms with Crippen LogP contribution in [-0.2, 0) is 9.84 Å². The first kappa shape index (κ1) is 12.4. The molecule has 0 saturated heterocycles. The Balaban J connectivity index is 3.64. The van der Waals surface area contributed by atoms with Gasteiger partial charge in [0.25, 0.3) is 0 Å². The highest BCUT2D eigenvalue weighted by Gasteiger charge is 2.21. The van der Waals surface area contributed by atoms with E-state index < -0.39 is 9.84 Å². The van der Waals surface area contributed by atoms with Crippen molar-refractivity contribution in [1.82, 2.24) is 9.97 Å². The predicted molar refractivity (Wildman–Crippen MR) is 58.4 cm³/mol. The van der Waals surface area contributed by atoms with Crippen LogP contribution in [0.4, 0.5) is 5.82 Å². The van der Waals surface area contributed by atoms with Crippen LogP contribution in [-0.4, -0.2) is 24.6 Å². The molecule has 0 bridgehead atoms. The van der Waals surface area contributed by atoms with Crippen molar-refractivity contribution in [2.45, 2.75) is 24.8 Å². The first-order valence-electron chi connectivity index (χ1n) is 4.55. The summed E-state index contributed by atoms with van der Waals surface area (Å²) in [5, 5.41) is 8.52. The van der Waals surface area contributed by atoms with Crippen LogP contribution in [0.15, 0.2) is 5.03 Å². The zero-order valence-corrected chi connectivity index (χ0v) is 10.0. The maximum atomic E-state index is 11.4. The van der Waals surface area contributed by atoms with Gasteiger partial charge in [-0.1, -0.05) is 13.8 Å². The third-order valence-electron chi connectivity index (χ3n) is 1.90. The number of anilines is 1. The lowest BCUT2D eigenvalue weighted by Gasteiger charge is -2.08. The van der Waals surface area contributed by atoms with Crippen LogP contribution in [0.2, 0.25) is 0 Å². The molecule has 0 radical (unpaired) electrons. The van der Waals surface area contributed by atoms with Gasteiger partial charge in [0.1, 0.15) is 23.3 Å². The van der Waals surface area contributed by atoms with Crippen LogP contribution in [0.25, 0.3) is 0 Å². The third kappa shape index (κ3) is 2.28. The second-order valence-corrected chi connectivity index (χ2v) is 5.62. The minimum absolute atomic E-state index is 0.0597. The highest BCUT2D eigenvalue weighted by molar-refractivity contribution is 7.90. The summed E-state index contributed by atoms with van der Waals surface area (Å²) in [5.74, 6) is 0.161. The molecule has 0 aromatic carbocycles. The van der Waals surface area contributed by atoms with Crippen LogP contribution < -0.4 is 5.73 Å². The topological polar surface area (TPSA) is 110 Å². The highest BCUT2D eigenvalue weighted by atomic mass is 32.2. The van der Waals surface area contributed by atoms with Crippen LogP contribution >= 0.6 is 0 Å². The largest absolute Gasteiger partial charge is 0.382 e. The Morgan fingerprint density at radius 2 is 1.94 bits per heavy atom. The molecule has 0 fully saturated rings. The number of sulfone groups is 1. The highest BCUT2D eigenvalue weighted by Crippen LogP contribution is 2.20. The molecule has 16 heavy (non-hydrogen) atoms. The first-order chi connectivity index (χ1) is 7.27. The summed E-state index contributed by atoms with van der Waals surface area (Å²) < 4.78 is 22.9. The SMILES string of the molecule is CC(C)c1nc(N)c(C#N)c(S(C)(=O)=O)n1. The van der Waals surface area contributed by atoms with Crippen molar-refractivity contribution in [2.24, 2.45) is 0 Å². The van der Waals surface area contributed by atoms with Gasteiger partial charge in [0, 0.05) is 12.2 Å². The van der Waals surface area contributed by atoms with Crippen molar-refractivity contribution in [3.63, 3.8) is 0 Å². The molecule has 86 valence electrons. The van der Waals surface area contributed by atoms with E-state index in [0.717, 1.165) is 6.26 Å². The van der Waals surface area contributed by atoms with Crippen molar-refractivity contribution in [2.75, 3.05) is 12.0 Å². The lowest BCUT2D eigenvalue weighted by molar-refractivity contribution is 0.595. The molecule has 1 aromatic rings. The Labute approximate surface area is 94.1 Å².